The molecule has 0 aliphatic carbocycles. The number of aryl methyl sites for hydroxylation is 2. The summed E-state index contributed by atoms with van der Waals surface area (Å²) in [5.41, 5.74) is 1.99. The van der Waals surface area contributed by atoms with Crippen LogP contribution in [-0.2, 0) is 0 Å². The van der Waals surface area contributed by atoms with Gasteiger partial charge in [0.05, 0.1) is 5.33 Å². The first kappa shape index (κ1) is 8.94. The standard InChI is InChI=1S/C8H9BrOS/c1-5-4-11-6(2)8(5)7(10)3-9/h4H,3H2,1-2H3. The van der Waals surface area contributed by atoms with Crippen LogP contribution in [0.2, 0.25) is 0 Å². The van der Waals surface area contributed by atoms with Crippen molar-refractivity contribution in [1.29, 1.82) is 0 Å². The molecule has 0 spiro atoms. The first-order valence-corrected chi connectivity index (χ1v) is 5.30. The largest absolute Gasteiger partial charge is 0.293 e. The molecule has 0 aliphatic heterocycles. The van der Waals surface area contributed by atoms with E-state index in [4.69, 9.17) is 0 Å². The zero-order chi connectivity index (χ0) is 8.43. The average molecular weight is 233 g/mol. The Kier molecular flexibility index (Phi) is 2.84. The van der Waals surface area contributed by atoms with Crippen molar-refractivity contribution in [1.82, 2.24) is 0 Å². The predicted octanol–water partition coefficient (Wildman–Crippen LogP) is 2.94. The Balaban J connectivity index is 3.10. The van der Waals surface area contributed by atoms with Crippen molar-refractivity contribution in [3.63, 3.8) is 0 Å². The SMILES string of the molecule is Cc1csc(C)c1C(=O)CBr. The van der Waals surface area contributed by atoms with E-state index in [1.54, 1.807) is 11.3 Å². The second-order valence-corrected chi connectivity index (χ2v) is 4.05. The quantitative estimate of drug-likeness (QED) is 0.567. The Hall–Kier alpha value is -0.150. The number of hydrogen-bond acceptors (Lipinski definition) is 2. The highest BCUT2D eigenvalue weighted by molar-refractivity contribution is 9.09. The van der Waals surface area contributed by atoms with E-state index >= 15 is 0 Å². The number of ketones is 1. The number of carbonyl (C=O) groups is 1. The molecule has 1 heterocycles. The van der Waals surface area contributed by atoms with Gasteiger partial charge in [-0.3, -0.25) is 4.79 Å². The lowest BCUT2D eigenvalue weighted by molar-refractivity contribution is 0.102. The van der Waals surface area contributed by atoms with Crippen LogP contribution in [-0.4, -0.2) is 11.1 Å². The third-order valence-corrected chi connectivity index (χ3v) is 3.10. The predicted molar refractivity (Wildman–Crippen MR) is 51.9 cm³/mol. The summed E-state index contributed by atoms with van der Waals surface area (Å²) in [5.74, 6) is 0.182. The van der Waals surface area contributed by atoms with Crippen molar-refractivity contribution in [2.24, 2.45) is 0 Å². The number of carbonyl (C=O) groups excluding carboxylic acids is 1. The fourth-order valence-corrected chi connectivity index (χ4v) is 2.20. The lowest BCUT2D eigenvalue weighted by Crippen LogP contribution is -2.01. The van der Waals surface area contributed by atoms with Crippen molar-refractivity contribution in [2.45, 2.75) is 13.8 Å². The van der Waals surface area contributed by atoms with E-state index < -0.39 is 0 Å². The van der Waals surface area contributed by atoms with Gasteiger partial charge in [-0.25, -0.2) is 0 Å². The minimum atomic E-state index is 0.182. The Morgan fingerprint density at radius 2 is 2.27 bits per heavy atom. The number of Topliss-reactive ketones (excluding diaryl/α,β-unsaturated/α-hetero) is 1. The minimum Gasteiger partial charge on any atom is -0.293 e. The molecule has 11 heavy (non-hydrogen) atoms. The molecule has 0 atom stereocenters. The van der Waals surface area contributed by atoms with Crippen LogP contribution < -0.4 is 0 Å². The van der Waals surface area contributed by atoms with Crippen molar-refractivity contribution in [3.05, 3.63) is 21.4 Å². The lowest BCUT2D eigenvalue weighted by Gasteiger charge is -1.96. The third-order valence-electron chi connectivity index (χ3n) is 1.56. The second kappa shape index (κ2) is 3.50. The topological polar surface area (TPSA) is 17.1 Å². The summed E-state index contributed by atoms with van der Waals surface area (Å²) in [4.78, 5) is 12.4. The molecular weight excluding hydrogens is 224 g/mol. The summed E-state index contributed by atoms with van der Waals surface area (Å²) >= 11 is 4.79. The van der Waals surface area contributed by atoms with Crippen LogP contribution in [0.25, 0.3) is 0 Å². The van der Waals surface area contributed by atoms with Crippen LogP contribution in [0, 0.1) is 13.8 Å². The fourth-order valence-electron chi connectivity index (χ4n) is 1.06. The fraction of sp³-hybridized carbons (Fsp3) is 0.375. The molecule has 0 saturated heterocycles. The zero-order valence-electron chi connectivity index (χ0n) is 6.48. The van der Waals surface area contributed by atoms with E-state index in [1.165, 1.54) is 0 Å². The van der Waals surface area contributed by atoms with E-state index in [9.17, 15) is 4.79 Å². The summed E-state index contributed by atoms with van der Waals surface area (Å²) in [6.07, 6.45) is 0. The van der Waals surface area contributed by atoms with E-state index in [0.29, 0.717) is 5.33 Å². The summed E-state index contributed by atoms with van der Waals surface area (Å²) < 4.78 is 0. The molecule has 1 aromatic rings. The van der Waals surface area contributed by atoms with Gasteiger partial charge in [0.2, 0.25) is 0 Å². The summed E-state index contributed by atoms with van der Waals surface area (Å²) in [6.45, 7) is 3.95. The van der Waals surface area contributed by atoms with Crippen LogP contribution in [0.15, 0.2) is 5.38 Å². The van der Waals surface area contributed by atoms with Gasteiger partial charge >= 0.3 is 0 Å². The molecule has 1 nitrogen and oxygen atoms in total. The van der Waals surface area contributed by atoms with Gasteiger partial charge in [-0.1, -0.05) is 15.9 Å². The molecule has 60 valence electrons. The van der Waals surface area contributed by atoms with Crippen molar-refractivity contribution in [3.8, 4) is 0 Å². The molecule has 3 heteroatoms. The third kappa shape index (κ3) is 1.71. The molecule has 0 bridgehead atoms. The van der Waals surface area contributed by atoms with Crippen LogP contribution in [0.3, 0.4) is 0 Å². The van der Waals surface area contributed by atoms with Gasteiger partial charge in [0.25, 0.3) is 0 Å². The normalized spacial score (nSPS) is 10.1. The highest BCUT2D eigenvalue weighted by Crippen LogP contribution is 2.21. The van der Waals surface area contributed by atoms with E-state index in [2.05, 4.69) is 15.9 Å². The van der Waals surface area contributed by atoms with E-state index in [-0.39, 0.29) is 5.78 Å². The van der Waals surface area contributed by atoms with Crippen LogP contribution in [0.5, 0.6) is 0 Å². The van der Waals surface area contributed by atoms with Crippen LogP contribution in [0.1, 0.15) is 20.8 Å². The number of halogens is 1. The summed E-state index contributed by atoms with van der Waals surface area (Å²) in [6, 6.07) is 0. The first-order chi connectivity index (χ1) is 5.16. The maximum absolute atomic E-state index is 11.3. The Labute approximate surface area is 78.6 Å². The van der Waals surface area contributed by atoms with Gasteiger partial charge < -0.3 is 0 Å². The molecule has 0 aliphatic rings. The second-order valence-electron chi connectivity index (χ2n) is 2.41. The van der Waals surface area contributed by atoms with E-state index in [1.807, 2.05) is 19.2 Å². The monoisotopic (exact) mass is 232 g/mol. The molecule has 1 rings (SSSR count). The number of rotatable bonds is 2. The Morgan fingerprint density at radius 1 is 1.64 bits per heavy atom. The number of thiophene rings is 1. The van der Waals surface area contributed by atoms with Gasteiger partial charge in [0, 0.05) is 10.4 Å². The van der Waals surface area contributed by atoms with Gasteiger partial charge in [-0.15, -0.1) is 11.3 Å². The molecule has 0 unspecified atom stereocenters. The molecule has 0 fully saturated rings. The molecule has 0 N–H and O–H groups in total. The maximum atomic E-state index is 11.3. The number of hydrogen-bond donors (Lipinski definition) is 0. The van der Waals surface area contributed by atoms with Crippen molar-refractivity contribution in [2.75, 3.05) is 5.33 Å². The van der Waals surface area contributed by atoms with Crippen LogP contribution >= 0.6 is 27.3 Å². The highest BCUT2D eigenvalue weighted by Gasteiger charge is 2.11. The van der Waals surface area contributed by atoms with E-state index in [0.717, 1.165) is 16.0 Å². The Morgan fingerprint density at radius 3 is 2.64 bits per heavy atom. The molecule has 0 radical (unpaired) electrons. The molecule has 0 saturated carbocycles. The smallest absolute Gasteiger partial charge is 0.174 e. The van der Waals surface area contributed by atoms with Gasteiger partial charge in [0.1, 0.15) is 0 Å². The van der Waals surface area contributed by atoms with Crippen molar-refractivity contribution < 1.29 is 4.79 Å². The lowest BCUT2D eigenvalue weighted by atomic mass is 10.1. The minimum absolute atomic E-state index is 0.182. The number of alkyl halides is 1. The van der Waals surface area contributed by atoms with Crippen LogP contribution in [0.4, 0.5) is 0 Å². The summed E-state index contributed by atoms with van der Waals surface area (Å²) in [5, 5.41) is 2.44. The molecule has 1 aromatic heterocycles. The maximum Gasteiger partial charge on any atom is 0.174 e. The average Bonchev–Trinajstić information content (AvgIpc) is 2.30. The van der Waals surface area contributed by atoms with Gasteiger partial charge in [-0.2, -0.15) is 0 Å². The molecular formula is C8H9BrOS. The van der Waals surface area contributed by atoms with Gasteiger partial charge in [0.15, 0.2) is 5.78 Å². The highest BCUT2D eigenvalue weighted by atomic mass is 79.9. The van der Waals surface area contributed by atoms with Crippen molar-refractivity contribution >= 4 is 33.0 Å². The Bertz CT molecular complexity index is 258. The molecule has 0 aromatic carbocycles. The summed E-state index contributed by atoms with van der Waals surface area (Å²) in [7, 11) is 0. The van der Waals surface area contributed by atoms with Gasteiger partial charge in [-0.05, 0) is 24.8 Å². The molecule has 0 amide bonds. The zero-order valence-corrected chi connectivity index (χ0v) is 8.88. The first-order valence-electron chi connectivity index (χ1n) is 3.30.